The van der Waals surface area contributed by atoms with E-state index in [1.165, 1.54) is 12.8 Å². The summed E-state index contributed by atoms with van der Waals surface area (Å²) in [6, 6.07) is 12.4. The van der Waals surface area contributed by atoms with Crippen LogP contribution in [0.25, 0.3) is 0 Å². The molecule has 0 aliphatic heterocycles. The van der Waals surface area contributed by atoms with Crippen molar-refractivity contribution in [2.45, 2.75) is 39.5 Å². The number of carbonyl (C=O) groups is 2. The van der Waals surface area contributed by atoms with E-state index in [0.29, 0.717) is 17.9 Å². The van der Waals surface area contributed by atoms with Gasteiger partial charge in [0.25, 0.3) is 11.8 Å². The minimum absolute atomic E-state index is 0.216. The van der Waals surface area contributed by atoms with Crippen LogP contribution in [0.5, 0.6) is 11.5 Å². The molecule has 6 nitrogen and oxygen atoms in total. The van der Waals surface area contributed by atoms with E-state index in [0.717, 1.165) is 28.6 Å². The summed E-state index contributed by atoms with van der Waals surface area (Å²) in [4.78, 5) is 24.0. The van der Waals surface area contributed by atoms with E-state index in [-0.39, 0.29) is 6.61 Å². The van der Waals surface area contributed by atoms with E-state index in [2.05, 4.69) is 33.7 Å². The number of nitrogens with one attached hydrogen (secondary N) is 2. The molecule has 2 rings (SSSR count). The number of rotatable bonds is 10. The van der Waals surface area contributed by atoms with Crippen molar-refractivity contribution in [1.29, 1.82) is 0 Å². The molecular formula is C22H27BrN2O4. The van der Waals surface area contributed by atoms with Crippen LogP contribution in [0.2, 0.25) is 0 Å². The molecule has 0 bridgehead atoms. The molecular weight excluding hydrogens is 436 g/mol. The van der Waals surface area contributed by atoms with Crippen LogP contribution in [-0.4, -0.2) is 25.0 Å². The molecule has 0 saturated heterocycles. The number of carbonyl (C=O) groups excluding carboxylic acids is 2. The summed E-state index contributed by atoms with van der Waals surface area (Å²) < 4.78 is 11.9. The lowest BCUT2D eigenvalue weighted by Gasteiger charge is -2.11. The highest BCUT2D eigenvalue weighted by Crippen LogP contribution is 2.25. The van der Waals surface area contributed by atoms with Gasteiger partial charge < -0.3 is 9.47 Å². The van der Waals surface area contributed by atoms with Gasteiger partial charge in [-0.1, -0.05) is 32.3 Å². The number of hydrazine groups is 1. The van der Waals surface area contributed by atoms with E-state index in [1.807, 2.05) is 19.1 Å². The Morgan fingerprint density at radius 3 is 2.41 bits per heavy atom. The first kappa shape index (κ1) is 22.7. The van der Waals surface area contributed by atoms with Crippen LogP contribution in [0.15, 0.2) is 46.9 Å². The van der Waals surface area contributed by atoms with Gasteiger partial charge in [-0.2, -0.15) is 0 Å². The van der Waals surface area contributed by atoms with Gasteiger partial charge in [-0.25, -0.2) is 0 Å². The fourth-order valence-corrected chi connectivity index (χ4v) is 3.13. The molecule has 7 heteroatoms. The standard InChI is InChI=1S/C22H27BrN2O4/c1-3-4-5-6-13-28-18-10-8-17(9-11-18)22(27)25-24-21(26)15-29-20-12-7-16(2)14-19(20)23/h7-12,14H,3-6,13,15H2,1-2H3,(H,24,26)(H,25,27). The Kier molecular flexibility index (Phi) is 9.50. The summed E-state index contributed by atoms with van der Waals surface area (Å²) in [6.07, 6.45) is 4.57. The van der Waals surface area contributed by atoms with Crippen LogP contribution in [0.1, 0.15) is 48.5 Å². The largest absolute Gasteiger partial charge is 0.494 e. The number of benzene rings is 2. The maximum absolute atomic E-state index is 12.1. The predicted octanol–water partition coefficient (Wildman–Crippen LogP) is 4.56. The summed E-state index contributed by atoms with van der Waals surface area (Å²) in [5, 5.41) is 0. The zero-order valence-electron chi connectivity index (χ0n) is 16.8. The molecule has 0 aliphatic rings. The number of hydrogen-bond acceptors (Lipinski definition) is 4. The first-order valence-corrected chi connectivity index (χ1v) is 10.5. The molecule has 2 N–H and O–H groups in total. The summed E-state index contributed by atoms with van der Waals surface area (Å²) in [6.45, 7) is 4.58. The van der Waals surface area contributed by atoms with Crippen LogP contribution in [0.3, 0.4) is 0 Å². The minimum Gasteiger partial charge on any atom is -0.494 e. The molecule has 0 heterocycles. The Hall–Kier alpha value is -2.54. The third-order valence-electron chi connectivity index (χ3n) is 4.14. The van der Waals surface area contributed by atoms with Crippen molar-refractivity contribution in [2.24, 2.45) is 0 Å². The van der Waals surface area contributed by atoms with Gasteiger partial charge in [0.1, 0.15) is 11.5 Å². The van der Waals surface area contributed by atoms with Crippen molar-refractivity contribution < 1.29 is 19.1 Å². The van der Waals surface area contributed by atoms with Crippen molar-refractivity contribution >= 4 is 27.7 Å². The zero-order valence-corrected chi connectivity index (χ0v) is 18.4. The zero-order chi connectivity index (χ0) is 21.1. The quantitative estimate of drug-likeness (QED) is 0.400. The second-order valence-electron chi connectivity index (χ2n) is 6.66. The third-order valence-corrected chi connectivity index (χ3v) is 4.76. The number of hydrogen-bond donors (Lipinski definition) is 2. The molecule has 0 aliphatic carbocycles. The van der Waals surface area contributed by atoms with E-state index in [4.69, 9.17) is 9.47 Å². The van der Waals surface area contributed by atoms with Gasteiger partial charge in [-0.05, 0) is 71.2 Å². The Morgan fingerprint density at radius 2 is 1.72 bits per heavy atom. The second-order valence-corrected chi connectivity index (χ2v) is 7.51. The Labute approximate surface area is 180 Å². The van der Waals surface area contributed by atoms with Gasteiger partial charge in [0.15, 0.2) is 6.61 Å². The van der Waals surface area contributed by atoms with E-state index >= 15 is 0 Å². The number of unbranched alkanes of at least 4 members (excludes halogenated alkanes) is 3. The van der Waals surface area contributed by atoms with E-state index in [9.17, 15) is 9.59 Å². The van der Waals surface area contributed by atoms with Gasteiger partial charge in [0.05, 0.1) is 11.1 Å². The van der Waals surface area contributed by atoms with Crippen molar-refractivity contribution in [3.63, 3.8) is 0 Å². The molecule has 0 atom stereocenters. The van der Waals surface area contributed by atoms with E-state index < -0.39 is 11.8 Å². The summed E-state index contributed by atoms with van der Waals surface area (Å²) in [5.74, 6) is 0.406. The fourth-order valence-electron chi connectivity index (χ4n) is 2.52. The lowest BCUT2D eigenvalue weighted by atomic mass is 10.2. The van der Waals surface area contributed by atoms with Crippen LogP contribution in [0.4, 0.5) is 0 Å². The number of amides is 2. The fraction of sp³-hybridized carbons (Fsp3) is 0.364. The maximum Gasteiger partial charge on any atom is 0.276 e. The summed E-state index contributed by atoms with van der Waals surface area (Å²) in [7, 11) is 0. The molecule has 2 aromatic rings. The SMILES string of the molecule is CCCCCCOc1ccc(C(=O)NNC(=O)COc2ccc(C)cc2Br)cc1. The topological polar surface area (TPSA) is 76.7 Å². The predicted molar refractivity (Wildman–Crippen MR) is 116 cm³/mol. The average molecular weight is 463 g/mol. The molecule has 0 radical (unpaired) electrons. The monoisotopic (exact) mass is 462 g/mol. The average Bonchev–Trinajstić information content (AvgIpc) is 2.71. The Morgan fingerprint density at radius 1 is 0.966 bits per heavy atom. The molecule has 2 aromatic carbocycles. The van der Waals surface area contributed by atoms with Gasteiger partial charge in [0, 0.05) is 5.56 Å². The first-order chi connectivity index (χ1) is 14.0. The minimum atomic E-state index is -0.460. The van der Waals surface area contributed by atoms with Crippen molar-refractivity contribution in [1.82, 2.24) is 10.9 Å². The molecule has 2 amide bonds. The van der Waals surface area contributed by atoms with Crippen LogP contribution >= 0.6 is 15.9 Å². The summed E-state index contributed by atoms with van der Waals surface area (Å²) >= 11 is 3.39. The molecule has 0 aromatic heterocycles. The second kappa shape index (κ2) is 12.1. The van der Waals surface area contributed by atoms with Crippen molar-refractivity contribution in [2.75, 3.05) is 13.2 Å². The maximum atomic E-state index is 12.1. The van der Waals surface area contributed by atoms with Gasteiger partial charge in [-0.3, -0.25) is 20.4 Å². The van der Waals surface area contributed by atoms with Crippen LogP contribution in [0, 0.1) is 6.92 Å². The number of aryl methyl sites for hydroxylation is 1. The Bertz CT molecular complexity index is 809. The van der Waals surface area contributed by atoms with Gasteiger partial charge in [0.2, 0.25) is 0 Å². The van der Waals surface area contributed by atoms with Crippen molar-refractivity contribution in [3.8, 4) is 11.5 Å². The highest BCUT2D eigenvalue weighted by Gasteiger charge is 2.09. The lowest BCUT2D eigenvalue weighted by molar-refractivity contribution is -0.123. The van der Waals surface area contributed by atoms with Gasteiger partial charge >= 0.3 is 0 Å². The third kappa shape index (κ3) is 8.15. The highest BCUT2D eigenvalue weighted by atomic mass is 79.9. The number of halogens is 1. The smallest absolute Gasteiger partial charge is 0.276 e. The molecule has 0 unspecified atom stereocenters. The van der Waals surface area contributed by atoms with E-state index in [1.54, 1.807) is 30.3 Å². The molecule has 29 heavy (non-hydrogen) atoms. The van der Waals surface area contributed by atoms with Crippen molar-refractivity contribution in [3.05, 3.63) is 58.1 Å². The molecule has 0 spiro atoms. The normalized spacial score (nSPS) is 10.3. The molecule has 0 saturated carbocycles. The molecule has 156 valence electrons. The summed E-state index contributed by atoms with van der Waals surface area (Å²) in [5.41, 5.74) is 6.21. The van der Waals surface area contributed by atoms with Gasteiger partial charge in [-0.15, -0.1) is 0 Å². The molecule has 0 fully saturated rings. The highest BCUT2D eigenvalue weighted by molar-refractivity contribution is 9.10. The van der Waals surface area contributed by atoms with Crippen LogP contribution < -0.4 is 20.3 Å². The van der Waals surface area contributed by atoms with Crippen LogP contribution in [-0.2, 0) is 4.79 Å². The lowest BCUT2D eigenvalue weighted by Crippen LogP contribution is -2.43. The number of ether oxygens (including phenoxy) is 2. The first-order valence-electron chi connectivity index (χ1n) is 9.70. The Balaban J connectivity index is 1.71.